The summed E-state index contributed by atoms with van der Waals surface area (Å²) in [6.45, 7) is 9.09. The predicted molar refractivity (Wildman–Crippen MR) is 64.0 cm³/mol. The highest BCUT2D eigenvalue weighted by molar-refractivity contribution is 5.95. The number of aromatic carboxylic acids is 1. The Balaban J connectivity index is 3.23. The molecule has 1 rings (SSSR count). The van der Waals surface area contributed by atoms with Crippen LogP contribution in [0.4, 0.5) is 5.69 Å². The first-order valence-corrected chi connectivity index (χ1v) is 5.06. The third kappa shape index (κ3) is 2.59. The van der Waals surface area contributed by atoms with Crippen molar-refractivity contribution in [1.82, 2.24) is 4.98 Å². The number of carboxylic acid groups (broad SMARTS) is 1. The van der Waals surface area contributed by atoms with Crippen molar-refractivity contribution in [3.63, 3.8) is 0 Å². The summed E-state index contributed by atoms with van der Waals surface area (Å²) >= 11 is 0. The predicted octanol–water partition coefficient (Wildman–Crippen LogP) is 2.38. The first-order valence-electron chi connectivity index (χ1n) is 5.06. The molecule has 0 aliphatic heterocycles. The van der Waals surface area contributed by atoms with E-state index < -0.39 is 5.97 Å². The summed E-state index contributed by atoms with van der Waals surface area (Å²) in [4.78, 5) is 15.3. The highest BCUT2D eigenvalue weighted by Crippen LogP contribution is 2.20. The lowest BCUT2D eigenvalue weighted by molar-refractivity contribution is 0.0696. The normalized spacial score (nSPS) is 11.9. The van der Waals surface area contributed by atoms with Crippen LogP contribution >= 0.6 is 0 Å². The third-order valence-corrected chi connectivity index (χ3v) is 2.28. The zero-order chi connectivity index (χ0) is 12.3. The van der Waals surface area contributed by atoms with E-state index in [-0.39, 0.29) is 11.6 Å². The van der Waals surface area contributed by atoms with Gasteiger partial charge in [-0.25, -0.2) is 4.79 Å². The van der Waals surface area contributed by atoms with E-state index in [1.807, 2.05) is 13.8 Å². The van der Waals surface area contributed by atoms with E-state index >= 15 is 0 Å². The zero-order valence-corrected chi connectivity index (χ0v) is 9.74. The van der Waals surface area contributed by atoms with Crippen LogP contribution in [0, 0.1) is 13.8 Å². The van der Waals surface area contributed by atoms with Crippen molar-refractivity contribution >= 4 is 11.7 Å². The van der Waals surface area contributed by atoms with E-state index in [1.54, 1.807) is 19.1 Å². The quantitative estimate of drug-likeness (QED) is 0.765. The molecule has 1 aromatic rings. The smallest absolute Gasteiger partial charge is 0.339 e. The Hall–Kier alpha value is -1.84. The molecule has 0 spiro atoms. The second-order valence-corrected chi connectivity index (χ2v) is 3.75. The van der Waals surface area contributed by atoms with Gasteiger partial charge in [0.15, 0.2) is 0 Å². The van der Waals surface area contributed by atoms with Gasteiger partial charge >= 0.3 is 5.97 Å². The van der Waals surface area contributed by atoms with Crippen LogP contribution in [0.5, 0.6) is 0 Å². The number of hydrogen-bond acceptors (Lipinski definition) is 3. The molecule has 0 aliphatic rings. The molecule has 16 heavy (non-hydrogen) atoms. The monoisotopic (exact) mass is 220 g/mol. The largest absolute Gasteiger partial charge is 0.478 e. The minimum absolute atomic E-state index is 0.0132. The fourth-order valence-electron chi connectivity index (χ4n) is 1.52. The Morgan fingerprint density at radius 2 is 2.25 bits per heavy atom. The summed E-state index contributed by atoms with van der Waals surface area (Å²) in [6.07, 6.45) is 1.72. The average molecular weight is 220 g/mol. The van der Waals surface area contributed by atoms with Crippen molar-refractivity contribution in [3.05, 3.63) is 35.7 Å². The molecule has 1 atom stereocenters. The Kier molecular flexibility index (Phi) is 3.66. The molecule has 0 aliphatic carbocycles. The van der Waals surface area contributed by atoms with Crippen LogP contribution in [0.15, 0.2) is 18.7 Å². The van der Waals surface area contributed by atoms with Crippen LogP contribution in [0.2, 0.25) is 0 Å². The number of anilines is 1. The van der Waals surface area contributed by atoms with Gasteiger partial charge in [0.05, 0.1) is 11.4 Å². The maximum Gasteiger partial charge on any atom is 0.339 e. The van der Waals surface area contributed by atoms with Gasteiger partial charge in [-0.1, -0.05) is 6.08 Å². The third-order valence-electron chi connectivity index (χ3n) is 2.28. The molecule has 1 heterocycles. The summed E-state index contributed by atoms with van der Waals surface area (Å²) in [7, 11) is 0. The van der Waals surface area contributed by atoms with Crippen molar-refractivity contribution in [2.45, 2.75) is 26.8 Å². The van der Waals surface area contributed by atoms with Crippen LogP contribution in [0.1, 0.15) is 28.7 Å². The van der Waals surface area contributed by atoms with Gasteiger partial charge in [-0.05, 0) is 26.8 Å². The van der Waals surface area contributed by atoms with Gasteiger partial charge in [-0.15, -0.1) is 6.58 Å². The molecule has 86 valence electrons. The molecule has 2 N–H and O–H groups in total. The van der Waals surface area contributed by atoms with Crippen molar-refractivity contribution < 1.29 is 9.90 Å². The molecule has 0 radical (unpaired) electrons. The first kappa shape index (κ1) is 12.2. The molecule has 0 bridgehead atoms. The summed E-state index contributed by atoms with van der Waals surface area (Å²) in [5, 5.41) is 12.2. The maximum absolute atomic E-state index is 11.1. The summed E-state index contributed by atoms with van der Waals surface area (Å²) in [5.41, 5.74) is 2.12. The molecule has 0 amide bonds. The van der Waals surface area contributed by atoms with Gasteiger partial charge < -0.3 is 10.4 Å². The molecule has 0 saturated carbocycles. The Morgan fingerprint density at radius 1 is 1.62 bits per heavy atom. The van der Waals surface area contributed by atoms with Crippen LogP contribution < -0.4 is 5.32 Å². The lowest BCUT2D eigenvalue weighted by atomic mass is 10.1. The lowest BCUT2D eigenvalue weighted by Gasteiger charge is -2.15. The molecule has 1 unspecified atom stereocenters. The number of hydrogen-bond donors (Lipinski definition) is 2. The van der Waals surface area contributed by atoms with Crippen molar-refractivity contribution in [3.8, 4) is 0 Å². The van der Waals surface area contributed by atoms with E-state index in [0.29, 0.717) is 11.4 Å². The topological polar surface area (TPSA) is 62.2 Å². The first-order chi connectivity index (χ1) is 7.45. The van der Waals surface area contributed by atoms with Gasteiger partial charge in [0.2, 0.25) is 0 Å². The number of nitrogens with zero attached hydrogens (tertiary/aromatic N) is 1. The fraction of sp³-hybridized carbons (Fsp3) is 0.333. The standard InChI is InChI=1S/C12H16N2O2/c1-5-7(2)14-10-6-8(3)13-9(4)11(10)12(15)16/h5-7H,1H2,2-4H3,(H,13,14)(H,15,16). The number of carbonyl (C=O) groups is 1. The Labute approximate surface area is 95.0 Å². The van der Waals surface area contributed by atoms with Gasteiger partial charge in [0.1, 0.15) is 5.56 Å². The van der Waals surface area contributed by atoms with E-state index in [4.69, 9.17) is 5.11 Å². The number of nitrogens with one attached hydrogen (secondary N) is 1. The summed E-state index contributed by atoms with van der Waals surface area (Å²) in [6, 6.07) is 1.75. The van der Waals surface area contributed by atoms with Crippen molar-refractivity contribution in [2.75, 3.05) is 5.32 Å². The van der Waals surface area contributed by atoms with Crippen molar-refractivity contribution in [1.29, 1.82) is 0 Å². The molecule has 0 fully saturated rings. The molecule has 1 aromatic heterocycles. The number of pyridine rings is 1. The van der Waals surface area contributed by atoms with E-state index in [2.05, 4.69) is 16.9 Å². The number of aromatic nitrogens is 1. The van der Waals surface area contributed by atoms with Gasteiger partial charge in [-0.3, -0.25) is 4.98 Å². The molecule has 4 nitrogen and oxygen atoms in total. The van der Waals surface area contributed by atoms with Gasteiger partial charge in [0.25, 0.3) is 0 Å². The van der Waals surface area contributed by atoms with Crippen LogP contribution in [-0.4, -0.2) is 22.1 Å². The molecule has 0 saturated heterocycles. The van der Waals surface area contributed by atoms with E-state index in [0.717, 1.165) is 5.69 Å². The molecule has 4 heteroatoms. The van der Waals surface area contributed by atoms with Crippen molar-refractivity contribution in [2.24, 2.45) is 0 Å². The minimum atomic E-state index is -0.969. The number of aryl methyl sites for hydroxylation is 2. The molecular formula is C12H16N2O2. The van der Waals surface area contributed by atoms with Crippen LogP contribution in [0.3, 0.4) is 0 Å². The minimum Gasteiger partial charge on any atom is -0.478 e. The average Bonchev–Trinajstić information content (AvgIpc) is 2.15. The SMILES string of the molecule is C=CC(C)Nc1cc(C)nc(C)c1C(=O)O. The van der Waals surface area contributed by atoms with Gasteiger partial charge in [0, 0.05) is 11.7 Å². The Bertz CT molecular complexity index is 427. The van der Waals surface area contributed by atoms with E-state index in [1.165, 1.54) is 0 Å². The number of carboxylic acids is 1. The summed E-state index contributed by atoms with van der Waals surface area (Å²) in [5.74, 6) is -0.969. The molecule has 0 aromatic carbocycles. The fourth-order valence-corrected chi connectivity index (χ4v) is 1.52. The van der Waals surface area contributed by atoms with E-state index in [9.17, 15) is 4.79 Å². The maximum atomic E-state index is 11.1. The molecular weight excluding hydrogens is 204 g/mol. The van der Waals surface area contributed by atoms with Crippen LogP contribution in [0.25, 0.3) is 0 Å². The van der Waals surface area contributed by atoms with Gasteiger partial charge in [-0.2, -0.15) is 0 Å². The highest BCUT2D eigenvalue weighted by Gasteiger charge is 2.15. The summed E-state index contributed by atoms with van der Waals surface area (Å²) < 4.78 is 0. The number of rotatable bonds is 4. The lowest BCUT2D eigenvalue weighted by Crippen LogP contribution is -2.16. The zero-order valence-electron chi connectivity index (χ0n) is 9.74. The second-order valence-electron chi connectivity index (χ2n) is 3.75. The second kappa shape index (κ2) is 4.79. The van der Waals surface area contributed by atoms with Crippen LogP contribution in [-0.2, 0) is 0 Å². The highest BCUT2D eigenvalue weighted by atomic mass is 16.4. The Morgan fingerprint density at radius 3 is 2.75 bits per heavy atom.